The van der Waals surface area contributed by atoms with Gasteiger partial charge < -0.3 is 20.1 Å². The monoisotopic (exact) mass is 350 g/mol. The van der Waals surface area contributed by atoms with Gasteiger partial charge in [-0.2, -0.15) is 0 Å². The largest absolute Gasteiger partial charge is 0.497 e. The third-order valence-corrected chi connectivity index (χ3v) is 3.61. The fourth-order valence-corrected chi connectivity index (χ4v) is 2.27. The van der Waals surface area contributed by atoms with Crippen molar-refractivity contribution >= 4 is 29.0 Å². The normalized spacial score (nSPS) is 10.1. The molecule has 7 heteroatoms. The van der Waals surface area contributed by atoms with E-state index in [9.17, 15) is 4.79 Å². The maximum Gasteiger partial charge on any atom is 0.337 e. The van der Waals surface area contributed by atoms with E-state index in [0.29, 0.717) is 17.2 Å². The summed E-state index contributed by atoms with van der Waals surface area (Å²) in [5.74, 6) is 1.70. The number of benzene rings is 2. The van der Waals surface area contributed by atoms with Crippen LogP contribution >= 0.6 is 0 Å². The Morgan fingerprint density at radius 3 is 1.88 bits per heavy atom. The SMILES string of the molecule is COC(=O)c1ccc(Nc2cc(Nc3ccc(OC)cc3)ncn2)cc1. The summed E-state index contributed by atoms with van der Waals surface area (Å²) >= 11 is 0. The van der Waals surface area contributed by atoms with Gasteiger partial charge in [-0.25, -0.2) is 14.8 Å². The number of rotatable bonds is 6. The molecule has 2 aromatic carbocycles. The number of nitrogens with zero attached hydrogens (tertiary/aromatic N) is 2. The summed E-state index contributed by atoms with van der Waals surface area (Å²) in [6, 6.07) is 16.3. The standard InChI is InChI=1S/C19H18N4O3/c1-25-16-9-7-15(8-10-16)23-18-11-17(20-12-21-18)22-14-5-3-13(4-6-14)19(24)26-2/h3-12H,1-2H3,(H2,20,21,22,23). The average Bonchev–Trinajstić information content (AvgIpc) is 2.69. The number of hydrogen-bond acceptors (Lipinski definition) is 7. The van der Waals surface area contributed by atoms with Gasteiger partial charge in [-0.05, 0) is 48.5 Å². The van der Waals surface area contributed by atoms with Crippen LogP contribution in [-0.4, -0.2) is 30.2 Å². The van der Waals surface area contributed by atoms with Crippen LogP contribution in [0.1, 0.15) is 10.4 Å². The number of hydrogen-bond donors (Lipinski definition) is 2. The molecule has 0 aliphatic heterocycles. The van der Waals surface area contributed by atoms with E-state index < -0.39 is 0 Å². The van der Waals surface area contributed by atoms with Crippen LogP contribution < -0.4 is 15.4 Å². The first kappa shape index (κ1) is 17.2. The van der Waals surface area contributed by atoms with Gasteiger partial charge in [-0.3, -0.25) is 0 Å². The van der Waals surface area contributed by atoms with Crippen molar-refractivity contribution < 1.29 is 14.3 Å². The summed E-state index contributed by atoms with van der Waals surface area (Å²) in [7, 11) is 2.98. The molecular weight excluding hydrogens is 332 g/mol. The molecule has 132 valence electrons. The lowest BCUT2D eigenvalue weighted by molar-refractivity contribution is 0.0601. The maximum absolute atomic E-state index is 11.5. The minimum Gasteiger partial charge on any atom is -0.497 e. The number of methoxy groups -OCH3 is 2. The molecule has 0 saturated carbocycles. The summed E-state index contributed by atoms with van der Waals surface area (Å²) in [5.41, 5.74) is 2.17. The van der Waals surface area contributed by atoms with Crippen LogP contribution in [0.3, 0.4) is 0 Å². The highest BCUT2D eigenvalue weighted by molar-refractivity contribution is 5.89. The number of ether oxygens (including phenoxy) is 2. The molecule has 2 N–H and O–H groups in total. The zero-order chi connectivity index (χ0) is 18.4. The van der Waals surface area contributed by atoms with Crippen LogP contribution in [0, 0.1) is 0 Å². The Balaban J connectivity index is 1.69. The van der Waals surface area contributed by atoms with Crippen molar-refractivity contribution in [3.63, 3.8) is 0 Å². The van der Waals surface area contributed by atoms with Crippen LogP contribution in [0.4, 0.5) is 23.0 Å². The van der Waals surface area contributed by atoms with Crippen LogP contribution in [0.2, 0.25) is 0 Å². The lowest BCUT2D eigenvalue weighted by Crippen LogP contribution is -2.01. The van der Waals surface area contributed by atoms with Crippen molar-refractivity contribution in [2.45, 2.75) is 0 Å². The second-order valence-electron chi connectivity index (χ2n) is 5.34. The third kappa shape index (κ3) is 4.27. The Morgan fingerprint density at radius 1 is 0.846 bits per heavy atom. The highest BCUT2D eigenvalue weighted by atomic mass is 16.5. The molecule has 0 unspecified atom stereocenters. The second kappa shape index (κ2) is 7.98. The summed E-state index contributed by atoms with van der Waals surface area (Å²) in [4.78, 5) is 19.9. The Kier molecular flexibility index (Phi) is 5.28. The minimum absolute atomic E-state index is 0.371. The van der Waals surface area contributed by atoms with E-state index in [4.69, 9.17) is 4.74 Å². The van der Waals surface area contributed by atoms with Crippen molar-refractivity contribution in [2.24, 2.45) is 0 Å². The van der Waals surface area contributed by atoms with Crippen LogP contribution in [0.5, 0.6) is 5.75 Å². The predicted molar refractivity (Wildman–Crippen MR) is 99.4 cm³/mol. The van der Waals surface area contributed by atoms with E-state index in [2.05, 4.69) is 25.3 Å². The lowest BCUT2D eigenvalue weighted by atomic mass is 10.2. The molecule has 1 aromatic heterocycles. The molecule has 0 amide bonds. The highest BCUT2D eigenvalue weighted by Crippen LogP contribution is 2.21. The Labute approximate surface area is 151 Å². The molecule has 3 rings (SSSR count). The van der Waals surface area contributed by atoms with Gasteiger partial charge in [0, 0.05) is 17.4 Å². The van der Waals surface area contributed by atoms with Crippen LogP contribution in [0.25, 0.3) is 0 Å². The first-order chi connectivity index (χ1) is 12.7. The number of carbonyl (C=O) groups excluding carboxylic acids is 1. The summed E-state index contributed by atoms with van der Waals surface area (Å²) < 4.78 is 9.83. The van der Waals surface area contributed by atoms with E-state index in [-0.39, 0.29) is 5.97 Å². The summed E-state index contributed by atoms with van der Waals surface area (Å²) in [6.45, 7) is 0. The molecule has 1 heterocycles. The Bertz CT molecular complexity index is 880. The Hall–Kier alpha value is -3.61. The number of aromatic nitrogens is 2. The van der Waals surface area contributed by atoms with E-state index in [0.717, 1.165) is 17.1 Å². The van der Waals surface area contributed by atoms with Gasteiger partial charge in [0.15, 0.2) is 0 Å². The van der Waals surface area contributed by atoms with E-state index in [1.54, 1.807) is 37.4 Å². The first-order valence-electron chi connectivity index (χ1n) is 7.86. The molecule has 0 aliphatic rings. The molecule has 0 bridgehead atoms. The molecule has 0 spiro atoms. The molecule has 3 aromatic rings. The maximum atomic E-state index is 11.5. The van der Waals surface area contributed by atoms with Crippen LogP contribution in [0.15, 0.2) is 60.9 Å². The topological polar surface area (TPSA) is 85.4 Å². The van der Waals surface area contributed by atoms with Gasteiger partial charge in [0.05, 0.1) is 19.8 Å². The zero-order valence-corrected chi connectivity index (χ0v) is 14.4. The number of carbonyl (C=O) groups is 1. The van der Waals surface area contributed by atoms with Crippen molar-refractivity contribution in [3.05, 3.63) is 66.5 Å². The minimum atomic E-state index is -0.371. The predicted octanol–water partition coefficient (Wildman–Crippen LogP) is 3.76. The van der Waals surface area contributed by atoms with Gasteiger partial charge in [-0.15, -0.1) is 0 Å². The highest BCUT2D eigenvalue weighted by Gasteiger charge is 2.05. The van der Waals surface area contributed by atoms with E-state index in [1.807, 2.05) is 24.3 Å². The van der Waals surface area contributed by atoms with Crippen molar-refractivity contribution in [3.8, 4) is 5.75 Å². The van der Waals surface area contributed by atoms with Gasteiger partial charge >= 0.3 is 5.97 Å². The number of anilines is 4. The number of nitrogens with one attached hydrogen (secondary N) is 2. The smallest absolute Gasteiger partial charge is 0.337 e. The summed E-state index contributed by atoms with van der Waals surface area (Å²) in [6.07, 6.45) is 1.47. The molecular formula is C19H18N4O3. The van der Waals surface area contributed by atoms with E-state index >= 15 is 0 Å². The van der Waals surface area contributed by atoms with Gasteiger partial charge in [-0.1, -0.05) is 0 Å². The molecule has 0 aliphatic carbocycles. The molecule has 0 saturated heterocycles. The Morgan fingerprint density at radius 2 is 1.38 bits per heavy atom. The fraction of sp³-hybridized carbons (Fsp3) is 0.105. The van der Waals surface area contributed by atoms with Gasteiger partial charge in [0.1, 0.15) is 23.7 Å². The number of esters is 1. The lowest BCUT2D eigenvalue weighted by Gasteiger charge is -2.09. The van der Waals surface area contributed by atoms with Crippen molar-refractivity contribution in [1.82, 2.24) is 9.97 Å². The molecule has 0 atom stereocenters. The second-order valence-corrected chi connectivity index (χ2v) is 5.34. The molecule has 26 heavy (non-hydrogen) atoms. The zero-order valence-electron chi connectivity index (χ0n) is 14.4. The van der Waals surface area contributed by atoms with Crippen molar-refractivity contribution in [1.29, 1.82) is 0 Å². The van der Waals surface area contributed by atoms with Gasteiger partial charge in [0.25, 0.3) is 0 Å². The molecule has 7 nitrogen and oxygen atoms in total. The average molecular weight is 350 g/mol. The quantitative estimate of drug-likeness (QED) is 0.655. The van der Waals surface area contributed by atoms with Crippen LogP contribution in [-0.2, 0) is 4.74 Å². The molecule has 0 fully saturated rings. The van der Waals surface area contributed by atoms with Gasteiger partial charge in [0.2, 0.25) is 0 Å². The summed E-state index contributed by atoms with van der Waals surface area (Å²) in [5, 5.41) is 6.37. The third-order valence-electron chi connectivity index (χ3n) is 3.61. The van der Waals surface area contributed by atoms with Crippen molar-refractivity contribution in [2.75, 3.05) is 24.9 Å². The molecule has 0 radical (unpaired) electrons. The first-order valence-corrected chi connectivity index (χ1v) is 7.86. The van der Waals surface area contributed by atoms with E-state index in [1.165, 1.54) is 13.4 Å². The fourth-order valence-electron chi connectivity index (χ4n) is 2.27.